The molecule has 2 atom stereocenters. The van der Waals surface area contributed by atoms with Gasteiger partial charge in [0.25, 0.3) is 0 Å². The maximum Gasteiger partial charge on any atom is 0.314 e. The number of nitrogens with one attached hydrogen (secondary N) is 2. The Balaban J connectivity index is 1.71. The van der Waals surface area contributed by atoms with E-state index in [1.54, 1.807) is 6.20 Å². The van der Waals surface area contributed by atoms with Crippen LogP contribution in [0, 0.1) is 11.8 Å². The van der Waals surface area contributed by atoms with E-state index >= 15 is 0 Å². The molecule has 5 heteroatoms. The van der Waals surface area contributed by atoms with Crippen LogP contribution in [0.2, 0.25) is 0 Å². The van der Waals surface area contributed by atoms with Crippen molar-refractivity contribution in [1.82, 2.24) is 20.5 Å². The molecule has 2 N–H and O–H groups in total. The second-order valence-electron chi connectivity index (χ2n) is 7.84. The van der Waals surface area contributed by atoms with Gasteiger partial charge in [-0.3, -0.25) is 9.88 Å². The molecule has 0 spiro atoms. The highest BCUT2D eigenvalue weighted by molar-refractivity contribution is 5.73. The molecule has 1 saturated heterocycles. The molecule has 2 rings (SSSR count). The number of aromatic nitrogens is 1. The minimum Gasteiger partial charge on any atom is -0.338 e. The monoisotopic (exact) mass is 332 g/mol. The number of hydrogen-bond donors (Lipinski definition) is 2. The van der Waals surface area contributed by atoms with E-state index in [9.17, 15) is 4.79 Å². The van der Waals surface area contributed by atoms with E-state index in [4.69, 9.17) is 0 Å². The molecule has 0 radical (unpaired) electrons. The Morgan fingerprint density at radius 2 is 1.96 bits per heavy atom. The number of hydrogen-bond acceptors (Lipinski definition) is 3. The van der Waals surface area contributed by atoms with E-state index in [0.29, 0.717) is 13.1 Å². The maximum absolute atomic E-state index is 12.0. The van der Waals surface area contributed by atoms with Gasteiger partial charge in [0.1, 0.15) is 0 Å². The maximum atomic E-state index is 12.0. The van der Waals surface area contributed by atoms with Gasteiger partial charge in [-0.25, -0.2) is 4.79 Å². The molecule has 24 heavy (non-hydrogen) atoms. The number of piperidine rings is 1. The molecule has 2 heterocycles. The first-order valence-corrected chi connectivity index (χ1v) is 9.03. The summed E-state index contributed by atoms with van der Waals surface area (Å²) in [4.78, 5) is 18.8. The highest BCUT2D eigenvalue weighted by atomic mass is 16.2. The highest BCUT2D eigenvalue weighted by Crippen LogP contribution is 2.26. The third-order valence-electron chi connectivity index (χ3n) is 4.80. The van der Waals surface area contributed by atoms with Crippen molar-refractivity contribution in [3.8, 4) is 0 Å². The lowest BCUT2D eigenvalue weighted by atomic mass is 9.88. The number of carbonyl (C=O) groups excluding carboxylic acids is 1. The fourth-order valence-corrected chi connectivity index (χ4v) is 3.48. The molecule has 1 aromatic rings. The molecule has 0 saturated carbocycles. The second kappa shape index (κ2) is 8.47. The number of urea groups is 1. The van der Waals surface area contributed by atoms with E-state index in [-0.39, 0.29) is 11.6 Å². The molecule has 1 fully saturated rings. The molecule has 2 amide bonds. The van der Waals surface area contributed by atoms with Crippen LogP contribution in [-0.4, -0.2) is 47.6 Å². The van der Waals surface area contributed by atoms with Gasteiger partial charge < -0.3 is 10.6 Å². The third-order valence-corrected chi connectivity index (χ3v) is 4.80. The largest absolute Gasteiger partial charge is 0.338 e. The third kappa shape index (κ3) is 5.78. The first-order chi connectivity index (χ1) is 11.4. The SMILES string of the molecule is CC1CC(C)CN(C(C)(C)CNC(=O)NCCc2ccccn2)C1. The molecule has 1 aliphatic heterocycles. The zero-order chi connectivity index (χ0) is 17.6. The minimum atomic E-state index is -0.0999. The lowest BCUT2D eigenvalue weighted by molar-refractivity contribution is 0.0473. The van der Waals surface area contributed by atoms with Crippen molar-refractivity contribution in [2.24, 2.45) is 11.8 Å². The van der Waals surface area contributed by atoms with Crippen LogP contribution in [0.3, 0.4) is 0 Å². The molecule has 2 unspecified atom stereocenters. The van der Waals surface area contributed by atoms with Gasteiger partial charge in [-0.05, 0) is 44.2 Å². The number of amides is 2. The van der Waals surface area contributed by atoms with Gasteiger partial charge in [0.15, 0.2) is 0 Å². The number of pyridine rings is 1. The van der Waals surface area contributed by atoms with Gasteiger partial charge in [-0.15, -0.1) is 0 Å². The first kappa shape index (κ1) is 18.7. The zero-order valence-corrected chi connectivity index (χ0v) is 15.5. The van der Waals surface area contributed by atoms with E-state index in [1.807, 2.05) is 18.2 Å². The number of rotatable bonds is 6. The van der Waals surface area contributed by atoms with Crippen LogP contribution in [-0.2, 0) is 6.42 Å². The van der Waals surface area contributed by atoms with Gasteiger partial charge in [0.05, 0.1) is 0 Å². The molecule has 1 aromatic heterocycles. The summed E-state index contributed by atoms with van der Waals surface area (Å²) in [6.07, 6.45) is 3.82. The van der Waals surface area contributed by atoms with Crippen LogP contribution in [0.25, 0.3) is 0 Å². The normalized spacial score (nSPS) is 22.2. The Hall–Kier alpha value is -1.62. The van der Waals surface area contributed by atoms with Crippen LogP contribution in [0.5, 0.6) is 0 Å². The van der Waals surface area contributed by atoms with Gasteiger partial charge >= 0.3 is 6.03 Å². The van der Waals surface area contributed by atoms with E-state index in [2.05, 4.69) is 48.2 Å². The topological polar surface area (TPSA) is 57.3 Å². The Morgan fingerprint density at radius 3 is 2.58 bits per heavy atom. The lowest BCUT2D eigenvalue weighted by Gasteiger charge is -2.45. The minimum absolute atomic E-state index is 0.0265. The molecule has 0 aliphatic carbocycles. The summed E-state index contributed by atoms with van der Waals surface area (Å²) in [5.74, 6) is 1.44. The summed E-state index contributed by atoms with van der Waals surface area (Å²) in [7, 11) is 0. The average molecular weight is 332 g/mol. The van der Waals surface area contributed by atoms with Crippen LogP contribution < -0.4 is 10.6 Å². The predicted octanol–water partition coefficient (Wildman–Crippen LogP) is 2.68. The molecular formula is C19H32N4O. The fraction of sp³-hybridized carbons (Fsp3) is 0.684. The summed E-state index contributed by atoms with van der Waals surface area (Å²) >= 11 is 0. The van der Waals surface area contributed by atoms with Gasteiger partial charge in [0.2, 0.25) is 0 Å². The van der Waals surface area contributed by atoms with Crippen LogP contribution in [0.15, 0.2) is 24.4 Å². The van der Waals surface area contributed by atoms with Crippen molar-refractivity contribution in [3.63, 3.8) is 0 Å². The van der Waals surface area contributed by atoms with Gasteiger partial charge in [-0.1, -0.05) is 19.9 Å². The first-order valence-electron chi connectivity index (χ1n) is 9.03. The summed E-state index contributed by atoms with van der Waals surface area (Å²) in [6, 6.07) is 5.73. The van der Waals surface area contributed by atoms with Crippen LogP contribution >= 0.6 is 0 Å². The summed E-state index contributed by atoms with van der Waals surface area (Å²) < 4.78 is 0. The molecule has 134 valence electrons. The number of carbonyl (C=O) groups is 1. The van der Waals surface area contributed by atoms with Crippen LogP contribution in [0.4, 0.5) is 4.79 Å². The predicted molar refractivity (Wildman–Crippen MR) is 97.9 cm³/mol. The number of likely N-dealkylation sites (tertiary alicyclic amines) is 1. The van der Waals surface area contributed by atoms with Crippen molar-refractivity contribution in [1.29, 1.82) is 0 Å². The quantitative estimate of drug-likeness (QED) is 0.842. The summed E-state index contributed by atoms with van der Waals surface area (Å²) in [5, 5.41) is 5.94. The highest BCUT2D eigenvalue weighted by Gasteiger charge is 2.32. The standard InChI is InChI=1S/C19H32N4O/c1-15-11-16(2)13-23(12-15)19(3,4)14-22-18(24)21-10-8-17-7-5-6-9-20-17/h5-7,9,15-16H,8,10-14H2,1-4H3,(H2,21,22,24). The fourth-order valence-electron chi connectivity index (χ4n) is 3.48. The van der Waals surface area contributed by atoms with Gasteiger partial charge in [-0.2, -0.15) is 0 Å². The molecule has 1 aliphatic rings. The second-order valence-corrected chi connectivity index (χ2v) is 7.84. The van der Waals surface area contributed by atoms with Crippen molar-refractivity contribution >= 4 is 6.03 Å². The Labute approximate surface area is 146 Å². The smallest absolute Gasteiger partial charge is 0.314 e. The zero-order valence-electron chi connectivity index (χ0n) is 15.5. The van der Waals surface area contributed by atoms with Crippen molar-refractivity contribution in [2.45, 2.75) is 46.1 Å². The summed E-state index contributed by atoms with van der Waals surface area (Å²) in [6.45, 7) is 12.5. The van der Waals surface area contributed by atoms with E-state index in [0.717, 1.165) is 37.0 Å². The van der Waals surface area contributed by atoms with Crippen molar-refractivity contribution < 1.29 is 4.79 Å². The van der Waals surface area contributed by atoms with E-state index in [1.165, 1.54) is 6.42 Å². The molecule has 0 bridgehead atoms. The summed E-state index contributed by atoms with van der Waals surface area (Å²) in [5.41, 5.74) is 0.968. The Morgan fingerprint density at radius 1 is 1.25 bits per heavy atom. The Bertz CT molecular complexity index is 507. The lowest BCUT2D eigenvalue weighted by Crippen LogP contribution is -2.57. The average Bonchev–Trinajstić information content (AvgIpc) is 2.53. The molecule has 5 nitrogen and oxygen atoms in total. The van der Waals surface area contributed by atoms with Crippen molar-refractivity contribution in [2.75, 3.05) is 26.2 Å². The van der Waals surface area contributed by atoms with Crippen molar-refractivity contribution in [3.05, 3.63) is 30.1 Å². The van der Waals surface area contributed by atoms with E-state index < -0.39 is 0 Å². The Kier molecular flexibility index (Phi) is 6.60. The number of nitrogens with zero attached hydrogens (tertiary/aromatic N) is 2. The molecule has 0 aromatic carbocycles. The van der Waals surface area contributed by atoms with Gasteiger partial charge in [0, 0.05) is 50.0 Å². The molecular weight excluding hydrogens is 300 g/mol. The van der Waals surface area contributed by atoms with Crippen LogP contribution in [0.1, 0.15) is 39.8 Å².